The third-order valence-electron chi connectivity index (χ3n) is 10.2. The molecule has 0 spiro atoms. The number of nitrogens with zero attached hydrogens (tertiary/aromatic N) is 1. The Morgan fingerprint density at radius 3 is 2.42 bits per heavy atom. The van der Waals surface area contributed by atoms with Crippen LogP contribution in [0, 0.1) is 46.3 Å². The summed E-state index contributed by atoms with van der Waals surface area (Å²) in [5.74, 6) is 5.63. The van der Waals surface area contributed by atoms with Crippen molar-refractivity contribution in [3.63, 3.8) is 0 Å². The Morgan fingerprint density at radius 2 is 1.73 bits per heavy atom. The van der Waals surface area contributed by atoms with Crippen molar-refractivity contribution in [1.29, 1.82) is 0 Å². The normalized spacial score (nSPS) is 51.8. The van der Waals surface area contributed by atoms with Crippen LogP contribution in [0.3, 0.4) is 0 Å². The number of piperidine rings is 1. The van der Waals surface area contributed by atoms with E-state index in [9.17, 15) is 0 Å². The van der Waals surface area contributed by atoms with Crippen molar-refractivity contribution in [3.8, 4) is 0 Å². The lowest BCUT2D eigenvalue weighted by Crippen LogP contribution is -2.47. The van der Waals surface area contributed by atoms with Crippen LogP contribution in [-0.4, -0.2) is 23.5 Å². The Labute approximate surface area is 163 Å². The molecule has 150 valence electrons. The van der Waals surface area contributed by atoms with Crippen molar-refractivity contribution >= 4 is 0 Å². The van der Waals surface area contributed by atoms with Crippen LogP contribution in [0.2, 0.25) is 0 Å². The fourth-order valence-corrected chi connectivity index (χ4v) is 9.16. The number of fused-ring (bicyclic) bond motifs is 5. The average Bonchev–Trinajstić information content (AvgIpc) is 3.01. The van der Waals surface area contributed by atoms with Crippen LogP contribution < -0.4 is 0 Å². The van der Waals surface area contributed by atoms with Crippen LogP contribution >= 0.6 is 0 Å². The molecule has 0 aromatic heterocycles. The van der Waals surface area contributed by atoms with Gasteiger partial charge in [0.1, 0.15) is 0 Å². The molecule has 1 heteroatoms. The molecule has 2 heterocycles. The quantitative estimate of drug-likeness (QED) is 0.547. The zero-order valence-corrected chi connectivity index (χ0v) is 18.7. The predicted octanol–water partition coefficient (Wildman–Crippen LogP) is 6.62. The second kappa shape index (κ2) is 6.50. The maximum atomic E-state index is 3.02. The standard InChI is InChI=1S/C25H45N/c1-8-12-24(5,6)19-11-13-25(7)20(17(19)3)14-22-23(25)18(4)21-10-9-16(2)15-26(21)22/h16-23H,8-15H2,1-7H3/t16-,17?,18+,19?,20?,21?,22?,23?,25-/m0/s1. The molecular weight excluding hydrogens is 314 g/mol. The van der Waals surface area contributed by atoms with Crippen molar-refractivity contribution in [2.75, 3.05) is 6.54 Å². The molecule has 1 nitrogen and oxygen atoms in total. The molecule has 0 aromatic rings. The van der Waals surface area contributed by atoms with Crippen LogP contribution in [0.15, 0.2) is 0 Å². The van der Waals surface area contributed by atoms with E-state index in [1.807, 2.05) is 0 Å². The SMILES string of the molecule is CCCC(C)(C)C1CC[C@@]2(C)C(CC3C2[C@H](C)C2CC[C@H](C)CN32)C1C. The lowest BCUT2D eigenvalue weighted by molar-refractivity contribution is -0.0386. The van der Waals surface area contributed by atoms with Crippen molar-refractivity contribution in [2.24, 2.45) is 46.3 Å². The van der Waals surface area contributed by atoms with E-state index >= 15 is 0 Å². The molecule has 9 atom stereocenters. The van der Waals surface area contributed by atoms with Gasteiger partial charge >= 0.3 is 0 Å². The highest BCUT2D eigenvalue weighted by atomic mass is 15.2. The smallest absolute Gasteiger partial charge is 0.0138 e. The molecule has 0 amide bonds. The van der Waals surface area contributed by atoms with E-state index < -0.39 is 0 Å². The molecule has 2 saturated carbocycles. The van der Waals surface area contributed by atoms with Crippen LogP contribution in [0.25, 0.3) is 0 Å². The topological polar surface area (TPSA) is 3.24 Å². The minimum Gasteiger partial charge on any atom is -0.297 e. The zero-order chi connectivity index (χ0) is 18.9. The van der Waals surface area contributed by atoms with Crippen molar-refractivity contribution in [2.45, 2.75) is 105 Å². The molecule has 6 unspecified atom stereocenters. The van der Waals surface area contributed by atoms with Gasteiger partial charge in [-0.15, -0.1) is 0 Å². The summed E-state index contributed by atoms with van der Waals surface area (Å²) in [6.07, 6.45) is 10.2. The molecule has 4 rings (SSSR count). The van der Waals surface area contributed by atoms with Gasteiger partial charge in [-0.1, -0.05) is 54.9 Å². The van der Waals surface area contributed by atoms with E-state index in [4.69, 9.17) is 0 Å². The van der Waals surface area contributed by atoms with Gasteiger partial charge in [0.15, 0.2) is 0 Å². The molecule has 0 bridgehead atoms. The summed E-state index contributed by atoms with van der Waals surface area (Å²) in [5.41, 5.74) is 1.14. The summed E-state index contributed by atoms with van der Waals surface area (Å²) >= 11 is 0. The van der Waals surface area contributed by atoms with Gasteiger partial charge in [-0.2, -0.15) is 0 Å². The highest BCUT2D eigenvalue weighted by Crippen LogP contribution is 2.67. The number of hydrogen-bond acceptors (Lipinski definition) is 1. The largest absolute Gasteiger partial charge is 0.297 e. The van der Waals surface area contributed by atoms with Gasteiger partial charge in [-0.3, -0.25) is 4.90 Å². The maximum absolute atomic E-state index is 3.02. The molecule has 4 fully saturated rings. The second-order valence-electron chi connectivity index (χ2n) is 12.0. The fourth-order valence-electron chi connectivity index (χ4n) is 9.16. The lowest BCUT2D eigenvalue weighted by Gasteiger charge is -2.53. The van der Waals surface area contributed by atoms with E-state index in [0.717, 1.165) is 47.6 Å². The first-order chi connectivity index (χ1) is 12.2. The summed E-state index contributed by atoms with van der Waals surface area (Å²) in [4.78, 5) is 3.02. The third kappa shape index (κ3) is 2.66. The van der Waals surface area contributed by atoms with Gasteiger partial charge in [-0.25, -0.2) is 0 Å². The fraction of sp³-hybridized carbons (Fsp3) is 1.00. The first-order valence-electron chi connectivity index (χ1n) is 12.0. The van der Waals surface area contributed by atoms with Gasteiger partial charge in [0.05, 0.1) is 0 Å². The lowest BCUT2D eigenvalue weighted by atomic mass is 9.52. The van der Waals surface area contributed by atoms with Crippen molar-refractivity contribution in [1.82, 2.24) is 4.90 Å². The first-order valence-corrected chi connectivity index (χ1v) is 12.0. The van der Waals surface area contributed by atoms with E-state index in [1.165, 1.54) is 51.5 Å². The van der Waals surface area contributed by atoms with Gasteiger partial charge in [-0.05, 0) is 84.9 Å². The predicted molar refractivity (Wildman–Crippen MR) is 112 cm³/mol. The summed E-state index contributed by atoms with van der Waals surface area (Å²) in [6.45, 7) is 19.4. The minimum absolute atomic E-state index is 0.529. The van der Waals surface area contributed by atoms with E-state index in [1.54, 1.807) is 0 Å². The Bertz CT molecular complexity index is 524. The summed E-state index contributed by atoms with van der Waals surface area (Å²) < 4.78 is 0. The average molecular weight is 360 g/mol. The minimum atomic E-state index is 0.529. The number of rotatable bonds is 3. The van der Waals surface area contributed by atoms with E-state index in [-0.39, 0.29) is 0 Å². The molecule has 2 aliphatic heterocycles. The Kier molecular flexibility index (Phi) is 4.82. The van der Waals surface area contributed by atoms with Gasteiger partial charge in [0.25, 0.3) is 0 Å². The van der Waals surface area contributed by atoms with Gasteiger partial charge < -0.3 is 0 Å². The Balaban J connectivity index is 1.60. The Hall–Kier alpha value is -0.0400. The molecular formula is C25H45N. The molecule has 26 heavy (non-hydrogen) atoms. The monoisotopic (exact) mass is 359 g/mol. The van der Waals surface area contributed by atoms with E-state index in [2.05, 4.69) is 53.4 Å². The van der Waals surface area contributed by atoms with E-state index in [0.29, 0.717) is 10.8 Å². The third-order valence-corrected chi connectivity index (χ3v) is 10.2. The van der Waals surface area contributed by atoms with Crippen LogP contribution in [0.1, 0.15) is 93.4 Å². The Morgan fingerprint density at radius 1 is 1.00 bits per heavy atom. The van der Waals surface area contributed by atoms with Crippen LogP contribution in [-0.2, 0) is 0 Å². The molecule has 2 saturated heterocycles. The van der Waals surface area contributed by atoms with Crippen LogP contribution in [0.5, 0.6) is 0 Å². The van der Waals surface area contributed by atoms with Gasteiger partial charge in [0.2, 0.25) is 0 Å². The number of hydrogen-bond donors (Lipinski definition) is 0. The molecule has 0 aromatic carbocycles. The molecule has 0 radical (unpaired) electrons. The highest BCUT2D eigenvalue weighted by Gasteiger charge is 2.64. The molecule has 2 aliphatic carbocycles. The zero-order valence-electron chi connectivity index (χ0n) is 18.7. The molecule has 4 aliphatic rings. The van der Waals surface area contributed by atoms with Crippen molar-refractivity contribution in [3.05, 3.63) is 0 Å². The van der Waals surface area contributed by atoms with Crippen LogP contribution in [0.4, 0.5) is 0 Å². The first kappa shape index (κ1) is 19.3. The summed E-state index contributed by atoms with van der Waals surface area (Å²) in [6, 6.07) is 1.81. The molecule has 0 N–H and O–H groups in total. The van der Waals surface area contributed by atoms with Crippen molar-refractivity contribution < 1.29 is 0 Å². The highest BCUT2D eigenvalue weighted by molar-refractivity contribution is 5.15. The summed E-state index contributed by atoms with van der Waals surface area (Å²) in [5, 5.41) is 0. The van der Waals surface area contributed by atoms with Gasteiger partial charge in [0, 0.05) is 18.6 Å². The summed E-state index contributed by atoms with van der Waals surface area (Å²) in [7, 11) is 0. The maximum Gasteiger partial charge on any atom is 0.0138 e. The second-order valence-corrected chi connectivity index (χ2v) is 12.0.